The molecular weight excluding hydrogens is 338 g/mol. The van der Waals surface area contributed by atoms with Gasteiger partial charge in [-0.05, 0) is 31.0 Å². The Bertz CT molecular complexity index is 992. The molecule has 2 aromatic carbocycles. The highest BCUT2D eigenvalue weighted by Crippen LogP contribution is 2.21. The summed E-state index contributed by atoms with van der Waals surface area (Å²) in [6.07, 6.45) is 0.724. The van der Waals surface area contributed by atoms with Gasteiger partial charge in [0.15, 0.2) is 0 Å². The van der Waals surface area contributed by atoms with Gasteiger partial charge in [-0.15, -0.1) is 0 Å². The molecule has 1 aliphatic heterocycles. The Morgan fingerprint density at radius 2 is 1.85 bits per heavy atom. The Kier molecular flexibility index (Phi) is 4.77. The molecule has 5 heteroatoms. The van der Waals surface area contributed by atoms with E-state index in [0.717, 1.165) is 42.1 Å². The van der Waals surface area contributed by atoms with E-state index < -0.39 is 0 Å². The van der Waals surface area contributed by atoms with Crippen LogP contribution < -0.4 is 10.3 Å². The van der Waals surface area contributed by atoms with Gasteiger partial charge in [0.05, 0.1) is 12.8 Å². The molecule has 138 valence electrons. The van der Waals surface area contributed by atoms with Gasteiger partial charge in [0.1, 0.15) is 11.6 Å². The summed E-state index contributed by atoms with van der Waals surface area (Å²) in [5, 5.41) is 0. The molecule has 0 unspecified atom stereocenters. The van der Waals surface area contributed by atoms with Crippen LogP contribution in [0, 0.1) is 6.92 Å². The number of hydrogen-bond donors (Lipinski definition) is 1. The monoisotopic (exact) mass is 361 g/mol. The number of fused-ring (bicyclic) bond motifs is 1. The number of rotatable bonds is 4. The zero-order valence-corrected chi connectivity index (χ0v) is 15.7. The average molecular weight is 361 g/mol. The maximum absolute atomic E-state index is 12.5. The lowest BCUT2D eigenvalue weighted by atomic mass is 10.0. The van der Waals surface area contributed by atoms with E-state index in [-0.39, 0.29) is 5.56 Å². The molecule has 0 atom stereocenters. The summed E-state index contributed by atoms with van der Waals surface area (Å²) in [6, 6.07) is 16.2. The van der Waals surface area contributed by atoms with Gasteiger partial charge in [0, 0.05) is 30.8 Å². The third kappa shape index (κ3) is 3.78. The van der Waals surface area contributed by atoms with Gasteiger partial charge in [-0.25, -0.2) is 4.98 Å². The lowest BCUT2D eigenvalue weighted by molar-refractivity contribution is 0.240. The first-order valence-corrected chi connectivity index (χ1v) is 9.17. The molecule has 2 heterocycles. The largest absolute Gasteiger partial charge is 0.497 e. The van der Waals surface area contributed by atoms with Gasteiger partial charge in [0.2, 0.25) is 0 Å². The summed E-state index contributed by atoms with van der Waals surface area (Å²) < 4.78 is 5.22. The summed E-state index contributed by atoms with van der Waals surface area (Å²) in [7, 11) is 1.67. The van der Waals surface area contributed by atoms with E-state index >= 15 is 0 Å². The Morgan fingerprint density at radius 3 is 2.56 bits per heavy atom. The van der Waals surface area contributed by atoms with Crippen molar-refractivity contribution >= 4 is 0 Å². The summed E-state index contributed by atoms with van der Waals surface area (Å²) >= 11 is 0. The van der Waals surface area contributed by atoms with Crippen molar-refractivity contribution in [2.24, 2.45) is 0 Å². The third-order valence-corrected chi connectivity index (χ3v) is 5.04. The van der Waals surface area contributed by atoms with E-state index in [9.17, 15) is 4.79 Å². The number of benzene rings is 2. The molecule has 1 aliphatic rings. The van der Waals surface area contributed by atoms with Crippen LogP contribution in [-0.4, -0.2) is 28.5 Å². The second-order valence-corrected chi connectivity index (χ2v) is 7.01. The van der Waals surface area contributed by atoms with Crippen LogP contribution >= 0.6 is 0 Å². The van der Waals surface area contributed by atoms with Crippen molar-refractivity contribution in [2.75, 3.05) is 13.7 Å². The highest BCUT2D eigenvalue weighted by atomic mass is 16.5. The van der Waals surface area contributed by atoms with Gasteiger partial charge in [-0.3, -0.25) is 9.69 Å². The van der Waals surface area contributed by atoms with Gasteiger partial charge < -0.3 is 9.72 Å². The van der Waals surface area contributed by atoms with Gasteiger partial charge >= 0.3 is 0 Å². The quantitative estimate of drug-likeness (QED) is 0.775. The van der Waals surface area contributed by atoms with E-state index in [0.29, 0.717) is 12.4 Å². The highest BCUT2D eigenvalue weighted by molar-refractivity contribution is 5.55. The first kappa shape index (κ1) is 17.5. The summed E-state index contributed by atoms with van der Waals surface area (Å²) in [5.74, 6) is 1.50. The van der Waals surface area contributed by atoms with Crippen molar-refractivity contribution in [3.8, 4) is 17.1 Å². The number of nitrogens with one attached hydrogen (secondary N) is 1. The van der Waals surface area contributed by atoms with Crippen LogP contribution in [0.25, 0.3) is 11.4 Å². The number of aromatic amines is 1. The van der Waals surface area contributed by atoms with Gasteiger partial charge in [-0.1, -0.05) is 42.0 Å². The first-order valence-electron chi connectivity index (χ1n) is 9.17. The van der Waals surface area contributed by atoms with Crippen LogP contribution in [-0.2, 0) is 19.5 Å². The Labute approximate surface area is 158 Å². The maximum atomic E-state index is 12.5. The van der Waals surface area contributed by atoms with Crippen LogP contribution in [0.1, 0.15) is 22.4 Å². The smallest absolute Gasteiger partial charge is 0.254 e. The number of H-pyrrole nitrogens is 1. The Hall–Kier alpha value is -2.92. The van der Waals surface area contributed by atoms with Gasteiger partial charge in [-0.2, -0.15) is 0 Å². The second-order valence-electron chi connectivity index (χ2n) is 7.01. The minimum atomic E-state index is -0.0142. The van der Waals surface area contributed by atoms with Gasteiger partial charge in [0.25, 0.3) is 5.56 Å². The molecule has 0 amide bonds. The first-order chi connectivity index (χ1) is 13.1. The van der Waals surface area contributed by atoms with Crippen LogP contribution in [0.5, 0.6) is 5.75 Å². The van der Waals surface area contributed by atoms with E-state index in [1.54, 1.807) is 7.11 Å². The van der Waals surface area contributed by atoms with E-state index in [2.05, 4.69) is 22.0 Å². The number of aryl methyl sites for hydroxylation is 1. The Balaban J connectivity index is 1.57. The molecule has 5 nitrogen and oxygen atoms in total. The molecule has 0 fully saturated rings. The van der Waals surface area contributed by atoms with Crippen LogP contribution in [0.3, 0.4) is 0 Å². The third-order valence-electron chi connectivity index (χ3n) is 5.04. The summed E-state index contributed by atoms with van der Waals surface area (Å²) in [4.78, 5) is 22.6. The van der Waals surface area contributed by atoms with Crippen molar-refractivity contribution in [1.82, 2.24) is 14.9 Å². The van der Waals surface area contributed by atoms with Crippen molar-refractivity contribution in [3.63, 3.8) is 0 Å². The molecule has 27 heavy (non-hydrogen) atoms. The SMILES string of the molecule is COc1ccc(CN2CCc3c(nc(-c4ccc(C)cc4)[nH]c3=O)C2)cc1. The molecule has 0 bridgehead atoms. The van der Waals surface area contributed by atoms with Crippen LogP contribution in [0.4, 0.5) is 0 Å². The zero-order valence-electron chi connectivity index (χ0n) is 15.7. The standard InChI is InChI=1S/C22H23N3O2/c1-15-3-7-17(8-4-15)21-23-20-14-25(12-11-19(20)22(26)24-21)13-16-5-9-18(27-2)10-6-16/h3-10H,11-14H2,1-2H3,(H,23,24,26). The van der Waals surface area contributed by atoms with Crippen molar-refractivity contribution in [3.05, 3.63) is 81.3 Å². The summed E-state index contributed by atoms with van der Waals surface area (Å²) in [6.45, 7) is 4.42. The van der Waals surface area contributed by atoms with E-state index in [4.69, 9.17) is 9.72 Å². The molecule has 1 aromatic heterocycles. The fourth-order valence-electron chi connectivity index (χ4n) is 3.47. The molecule has 0 saturated heterocycles. The van der Waals surface area contributed by atoms with E-state index in [1.807, 2.05) is 43.3 Å². The number of aromatic nitrogens is 2. The molecule has 0 aliphatic carbocycles. The summed E-state index contributed by atoms with van der Waals surface area (Å²) in [5.41, 5.74) is 5.03. The molecule has 4 rings (SSSR count). The number of hydrogen-bond acceptors (Lipinski definition) is 4. The fraction of sp³-hybridized carbons (Fsp3) is 0.273. The molecule has 1 N–H and O–H groups in total. The van der Waals surface area contributed by atoms with Crippen molar-refractivity contribution < 1.29 is 4.74 Å². The topological polar surface area (TPSA) is 58.2 Å². The normalized spacial score (nSPS) is 14.0. The number of ether oxygens (including phenoxy) is 1. The molecular formula is C22H23N3O2. The lowest BCUT2D eigenvalue weighted by Crippen LogP contribution is -2.35. The predicted molar refractivity (Wildman–Crippen MR) is 106 cm³/mol. The van der Waals surface area contributed by atoms with Crippen LogP contribution in [0.15, 0.2) is 53.3 Å². The number of nitrogens with zero attached hydrogens (tertiary/aromatic N) is 2. The van der Waals surface area contributed by atoms with Crippen LogP contribution in [0.2, 0.25) is 0 Å². The predicted octanol–water partition coefficient (Wildman–Crippen LogP) is 3.31. The lowest BCUT2D eigenvalue weighted by Gasteiger charge is -2.27. The molecule has 0 spiro atoms. The minimum Gasteiger partial charge on any atom is -0.497 e. The molecule has 3 aromatic rings. The van der Waals surface area contributed by atoms with E-state index in [1.165, 1.54) is 11.1 Å². The fourth-order valence-corrected chi connectivity index (χ4v) is 3.47. The molecule has 0 radical (unpaired) electrons. The zero-order chi connectivity index (χ0) is 18.8. The Morgan fingerprint density at radius 1 is 1.11 bits per heavy atom. The highest BCUT2D eigenvalue weighted by Gasteiger charge is 2.21. The van der Waals surface area contributed by atoms with Crippen molar-refractivity contribution in [2.45, 2.75) is 26.4 Å². The average Bonchev–Trinajstić information content (AvgIpc) is 2.69. The second kappa shape index (κ2) is 7.37. The maximum Gasteiger partial charge on any atom is 0.254 e. The van der Waals surface area contributed by atoms with Crippen molar-refractivity contribution in [1.29, 1.82) is 0 Å². The minimum absolute atomic E-state index is 0.0142. The number of methoxy groups -OCH3 is 1. The molecule has 0 saturated carbocycles.